The van der Waals surface area contributed by atoms with Crippen LogP contribution in [0.3, 0.4) is 0 Å². The van der Waals surface area contributed by atoms with Gasteiger partial charge >= 0.3 is 24.4 Å². The van der Waals surface area contributed by atoms with Gasteiger partial charge in [-0.3, -0.25) is 9.80 Å². The minimum atomic E-state index is -2.17. The van der Waals surface area contributed by atoms with Crippen LogP contribution in [0.15, 0.2) is 60.7 Å². The van der Waals surface area contributed by atoms with Gasteiger partial charge in [0, 0.05) is 13.1 Å². The number of aliphatic hydroxyl groups is 1. The van der Waals surface area contributed by atoms with E-state index in [1.54, 1.807) is 25.7 Å². The topological polar surface area (TPSA) is 184 Å². The van der Waals surface area contributed by atoms with Gasteiger partial charge in [0.15, 0.2) is 16.6 Å². The molecule has 16 nitrogen and oxygen atoms in total. The van der Waals surface area contributed by atoms with Gasteiger partial charge < -0.3 is 48.3 Å². The number of nitrogens with zero attached hydrogens (tertiary/aromatic N) is 2. The summed E-state index contributed by atoms with van der Waals surface area (Å²) in [4.78, 5) is 53.7. The summed E-state index contributed by atoms with van der Waals surface area (Å²) in [5, 5.41) is 16.6. The number of thiol groups is 1. The fraction of sp³-hybridized carbons (Fsp3) is 0.686. The number of amides is 4. The molecule has 2 saturated heterocycles. The van der Waals surface area contributed by atoms with Crippen LogP contribution in [0, 0.1) is 0 Å². The Hall–Kier alpha value is -3.86. The molecule has 3 N–H and O–H groups in total. The second kappa shape index (κ2) is 25.7. The van der Waals surface area contributed by atoms with Crippen molar-refractivity contribution in [3.8, 4) is 0 Å². The van der Waals surface area contributed by atoms with Crippen LogP contribution in [0.25, 0.3) is 0 Å². The Labute approximate surface area is 426 Å². The summed E-state index contributed by atoms with van der Waals surface area (Å²) in [5.41, 5.74) is 0.502. The third-order valence-electron chi connectivity index (χ3n) is 12.9. The van der Waals surface area contributed by atoms with E-state index in [1.165, 1.54) is 4.90 Å². The normalized spacial score (nSPS) is 21.1. The summed E-state index contributed by atoms with van der Waals surface area (Å²) in [6, 6.07) is 18.0. The Kier molecular flexibility index (Phi) is 22.2. The lowest BCUT2D eigenvalue weighted by molar-refractivity contribution is -0.00808. The van der Waals surface area contributed by atoms with Crippen molar-refractivity contribution in [2.75, 3.05) is 32.1 Å². The van der Waals surface area contributed by atoms with Crippen molar-refractivity contribution in [1.82, 2.24) is 20.4 Å². The first-order valence-electron chi connectivity index (χ1n) is 24.4. The molecule has 2 fully saturated rings. The first kappa shape index (κ1) is 60.4. The molecule has 0 bridgehead atoms. The summed E-state index contributed by atoms with van der Waals surface area (Å²) in [7, 11) is -4.32. The Morgan fingerprint density at radius 2 is 0.986 bits per heavy atom. The van der Waals surface area contributed by atoms with Gasteiger partial charge in [0.1, 0.15) is 36.6 Å². The monoisotopic (exact) mass is 1030 g/mol. The molecular weight excluding hydrogens is 949 g/mol. The smallest absolute Gasteiger partial charge is 0.410 e. The number of rotatable bonds is 16. The van der Waals surface area contributed by atoms with Crippen LogP contribution in [0.1, 0.15) is 107 Å². The number of hydrogen-bond donors (Lipinski definition) is 4. The molecule has 0 saturated carbocycles. The van der Waals surface area contributed by atoms with Crippen LogP contribution in [0.2, 0.25) is 36.3 Å². The number of benzene rings is 2. The average Bonchev–Trinajstić information content (AvgIpc) is 3.73. The molecule has 19 heteroatoms. The predicted molar refractivity (Wildman–Crippen MR) is 281 cm³/mol. The van der Waals surface area contributed by atoms with E-state index in [0.29, 0.717) is 25.9 Å². The number of hydrogen-bond acceptors (Lipinski definition) is 13. The van der Waals surface area contributed by atoms with E-state index in [4.69, 9.17) is 32.5 Å². The second-order valence-electron chi connectivity index (χ2n) is 23.0. The maximum absolute atomic E-state index is 13.2. The van der Waals surface area contributed by atoms with E-state index in [1.807, 2.05) is 81.4 Å². The van der Waals surface area contributed by atoms with Crippen LogP contribution in [-0.4, -0.2) is 136 Å². The van der Waals surface area contributed by atoms with E-state index < -0.39 is 76.6 Å². The lowest BCUT2D eigenvalue weighted by atomic mass is 10.1. The highest BCUT2D eigenvalue weighted by atomic mass is 32.1. The van der Waals surface area contributed by atoms with Crippen molar-refractivity contribution < 1.29 is 56.8 Å². The van der Waals surface area contributed by atoms with E-state index in [-0.39, 0.29) is 54.5 Å². The third kappa shape index (κ3) is 19.3. The molecule has 0 aromatic heterocycles. The van der Waals surface area contributed by atoms with Gasteiger partial charge in [0.25, 0.3) is 0 Å². The van der Waals surface area contributed by atoms with E-state index >= 15 is 0 Å². The zero-order chi connectivity index (χ0) is 52.9. The van der Waals surface area contributed by atoms with Crippen molar-refractivity contribution in [3.05, 3.63) is 71.8 Å². The molecule has 0 spiro atoms. The zero-order valence-corrected chi connectivity index (χ0v) is 47.8. The summed E-state index contributed by atoms with van der Waals surface area (Å²) >= 11 is 4.29. The van der Waals surface area contributed by atoms with Gasteiger partial charge in [-0.1, -0.05) is 102 Å². The van der Waals surface area contributed by atoms with Gasteiger partial charge in [-0.2, -0.15) is 12.6 Å². The minimum Gasteiger partial charge on any atom is -0.445 e. The van der Waals surface area contributed by atoms with Gasteiger partial charge in [-0.15, -0.1) is 0 Å². The molecule has 4 rings (SSSR count). The lowest BCUT2D eigenvalue weighted by Crippen LogP contribution is -2.48. The maximum Gasteiger partial charge on any atom is 0.410 e. The molecule has 396 valence electrons. The van der Waals surface area contributed by atoms with Crippen molar-refractivity contribution in [3.63, 3.8) is 0 Å². The van der Waals surface area contributed by atoms with Crippen LogP contribution in [-0.2, 0) is 45.8 Å². The highest BCUT2D eigenvalue weighted by Gasteiger charge is 2.51. The highest BCUT2D eigenvalue weighted by Crippen LogP contribution is 2.41. The quantitative estimate of drug-likeness (QED) is 0.0541. The van der Waals surface area contributed by atoms with E-state index in [2.05, 4.69) is 91.0 Å². The SMILES string of the molecule is CC(C)(C)OC(=O)N1C[C@@H](O[Si](C)(C)C(C)(C)C)[C@H](O)[C@H]1CCNC(=O)OCc1ccccc1.CC(C)(C)OC(=O)N1C[C@@H](O[Si](C)(C)C(C)(C)C)[C@H](OCS)[C@H]1CCNC(=O)OCc1ccccc1. The van der Waals surface area contributed by atoms with Crippen LogP contribution in [0.4, 0.5) is 19.2 Å². The van der Waals surface area contributed by atoms with Gasteiger partial charge in [0.2, 0.25) is 0 Å². The lowest BCUT2D eigenvalue weighted by Gasteiger charge is -2.39. The molecule has 4 amide bonds. The van der Waals surface area contributed by atoms with E-state index in [9.17, 15) is 24.3 Å². The van der Waals surface area contributed by atoms with Crippen LogP contribution >= 0.6 is 12.6 Å². The number of ether oxygens (including phenoxy) is 5. The molecule has 0 aliphatic carbocycles. The standard InChI is InChI=1S/C26H44N2O6SSi.C25H42N2O6Si/c1-25(2,3)33-24(30)28-16-21(34-36(7,8)26(4,5)6)22(32-18-35)20(28)14-15-27-23(29)31-17-19-12-10-9-11-13-19;1-24(2,3)32-23(30)27-16-20(33-34(7,8)25(4,5)6)21(28)19(27)14-15-26-22(29)31-17-18-12-10-9-11-13-18/h9-13,20-22,35H,14-18H2,1-8H3,(H,27,29);9-13,19-21,28H,14-17H2,1-8H3,(H,26,29)/t20-,21-,22-;19-,20-,21-/m11/s1. The number of carbonyl (C=O) groups is 4. The first-order chi connectivity index (χ1) is 32.2. The summed E-state index contributed by atoms with van der Waals surface area (Å²) < 4.78 is 41.0. The third-order valence-corrected chi connectivity index (χ3v) is 22.1. The number of alkyl carbamates (subject to hydrolysis) is 2. The van der Waals surface area contributed by atoms with Gasteiger partial charge in [0.05, 0.1) is 43.3 Å². The van der Waals surface area contributed by atoms with Crippen LogP contribution < -0.4 is 10.6 Å². The van der Waals surface area contributed by atoms with Crippen molar-refractivity contribution in [1.29, 1.82) is 0 Å². The maximum atomic E-state index is 13.2. The minimum absolute atomic E-state index is 0.00256. The fourth-order valence-corrected chi connectivity index (χ4v) is 10.1. The van der Waals surface area contributed by atoms with Crippen LogP contribution in [0.5, 0.6) is 0 Å². The Bertz CT molecular complexity index is 1960. The molecule has 0 radical (unpaired) electrons. The molecule has 2 aromatic rings. The Morgan fingerprint density at radius 1 is 0.614 bits per heavy atom. The second-order valence-corrected chi connectivity index (χ2v) is 32.8. The molecule has 70 heavy (non-hydrogen) atoms. The number of nitrogens with one attached hydrogen (secondary N) is 2. The largest absolute Gasteiger partial charge is 0.445 e. The summed E-state index contributed by atoms with van der Waals surface area (Å²) in [5.74, 6) is 0.188. The summed E-state index contributed by atoms with van der Waals surface area (Å²) in [6.45, 7) is 34.0. The number of likely N-dealkylation sites (tertiary alicyclic amines) is 2. The van der Waals surface area contributed by atoms with Crippen molar-refractivity contribution in [2.24, 2.45) is 0 Å². The molecule has 2 aliphatic heterocycles. The highest BCUT2D eigenvalue weighted by molar-refractivity contribution is 7.80. The molecular formula is C51H86N4O12SSi2. The molecule has 2 aliphatic rings. The Morgan fingerprint density at radius 3 is 1.37 bits per heavy atom. The average molecular weight is 1040 g/mol. The molecule has 6 atom stereocenters. The zero-order valence-electron chi connectivity index (χ0n) is 44.9. The Balaban J connectivity index is 0.000000371. The predicted octanol–water partition coefficient (Wildman–Crippen LogP) is 10.3. The molecule has 2 heterocycles. The first-order valence-corrected chi connectivity index (χ1v) is 30.8. The van der Waals surface area contributed by atoms with Gasteiger partial charge in [-0.25, -0.2) is 19.2 Å². The molecule has 2 aromatic carbocycles. The number of carbonyl (C=O) groups excluding carboxylic acids is 4. The summed E-state index contributed by atoms with van der Waals surface area (Å²) in [6.07, 6.45) is -3.29. The molecule has 0 unspecified atom stereocenters. The van der Waals surface area contributed by atoms with Crippen molar-refractivity contribution in [2.45, 2.75) is 193 Å². The van der Waals surface area contributed by atoms with Gasteiger partial charge in [-0.05, 0) is 102 Å². The number of aliphatic hydroxyl groups excluding tert-OH is 1. The van der Waals surface area contributed by atoms with E-state index in [0.717, 1.165) is 11.1 Å². The fourth-order valence-electron chi connectivity index (χ4n) is 7.25. The van der Waals surface area contributed by atoms with Crippen molar-refractivity contribution >= 4 is 53.6 Å².